The van der Waals surface area contributed by atoms with Crippen LogP contribution in [0.1, 0.15) is 30.4 Å². The predicted octanol–water partition coefficient (Wildman–Crippen LogP) is 2.99. The smallest absolute Gasteiger partial charge is 0.161 e. The van der Waals surface area contributed by atoms with Gasteiger partial charge in [-0.1, -0.05) is 6.42 Å². The second-order valence-electron chi connectivity index (χ2n) is 6.85. The zero-order valence-electron chi connectivity index (χ0n) is 14.4. The highest BCUT2D eigenvalue weighted by atomic mass is 35.5. The SMILES string of the molecule is COc1cc(C)c(CN2CC3CCCC(N)C3C2)cc1OC.Cl. The first kappa shape index (κ1) is 18.4. The van der Waals surface area contributed by atoms with Crippen molar-refractivity contribution in [1.82, 2.24) is 4.90 Å². The van der Waals surface area contributed by atoms with Gasteiger partial charge in [0.25, 0.3) is 0 Å². The van der Waals surface area contributed by atoms with E-state index in [4.69, 9.17) is 15.2 Å². The molecule has 1 aromatic rings. The number of hydrogen-bond acceptors (Lipinski definition) is 4. The molecule has 23 heavy (non-hydrogen) atoms. The number of ether oxygens (including phenoxy) is 2. The summed E-state index contributed by atoms with van der Waals surface area (Å²) in [5, 5.41) is 0. The molecule has 130 valence electrons. The molecular formula is C18H29ClN2O2. The number of likely N-dealkylation sites (tertiary alicyclic amines) is 1. The number of rotatable bonds is 4. The first-order valence-electron chi connectivity index (χ1n) is 8.31. The van der Waals surface area contributed by atoms with Crippen LogP contribution in [0.25, 0.3) is 0 Å². The van der Waals surface area contributed by atoms with Gasteiger partial charge in [0.1, 0.15) is 0 Å². The van der Waals surface area contributed by atoms with Crippen molar-refractivity contribution in [3.05, 3.63) is 23.3 Å². The van der Waals surface area contributed by atoms with Gasteiger partial charge in [0.05, 0.1) is 14.2 Å². The lowest BCUT2D eigenvalue weighted by Crippen LogP contribution is -2.38. The molecule has 3 rings (SSSR count). The molecule has 2 aliphatic rings. The molecule has 1 saturated carbocycles. The summed E-state index contributed by atoms with van der Waals surface area (Å²) < 4.78 is 10.8. The summed E-state index contributed by atoms with van der Waals surface area (Å²) in [5.74, 6) is 3.11. The molecule has 1 saturated heterocycles. The van der Waals surface area contributed by atoms with E-state index in [1.807, 2.05) is 0 Å². The lowest BCUT2D eigenvalue weighted by atomic mass is 9.78. The summed E-state index contributed by atoms with van der Waals surface area (Å²) in [5.41, 5.74) is 8.91. The van der Waals surface area contributed by atoms with E-state index in [9.17, 15) is 0 Å². The van der Waals surface area contributed by atoms with Crippen LogP contribution in [-0.2, 0) is 6.54 Å². The first-order valence-corrected chi connectivity index (χ1v) is 8.31. The fourth-order valence-electron chi connectivity index (χ4n) is 4.17. The Hall–Kier alpha value is -0.970. The van der Waals surface area contributed by atoms with Crippen molar-refractivity contribution in [3.8, 4) is 11.5 Å². The number of fused-ring (bicyclic) bond motifs is 1. The van der Waals surface area contributed by atoms with Crippen LogP contribution in [0.15, 0.2) is 12.1 Å². The molecule has 0 amide bonds. The number of hydrogen-bond donors (Lipinski definition) is 1. The second-order valence-corrected chi connectivity index (χ2v) is 6.85. The highest BCUT2D eigenvalue weighted by molar-refractivity contribution is 5.85. The van der Waals surface area contributed by atoms with Crippen LogP contribution in [0.3, 0.4) is 0 Å². The minimum Gasteiger partial charge on any atom is -0.493 e. The number of halogens is 1. The van der Waals surface area contributed by atoms with E-state index in [0.717, 1.165) is 30.5 Å². The van der Waals surface area contributed by atoms with Gasteiger partial charge in [0, 0.05) is 25.7 Å². The van der Waals surface area contributed by atoms with Gasteiger partial charge in [0.15, 0.2) is 11.5 Å². The second kappa shape index (κ2) is 7.73. The van der Waals surface area contributed by atoms with Gasteiger partial charge in [-0.25, -0.2) is 0 Å². The zero-order chi connectivity index (χ0) is 15.7. The molecule has 0 spiro atoms. The number of nitrogens with two attached hydrogens (primary N) is 1. The first-order chi connectivity index (χ1) is 10.6. The Morgan fingerprint density at radius 2 is 1.83 bits per heavy atom. The van der Waals surface area contributed by atoms with Crippen molar-refractivity contribution in [3.63, 3.8) is 0 Å². The normalized spacial score (nSPS) is 27.2. The lowest BCUT2D eigenvalue weighted by Gasteiger charge is -2.29. The third-order valence-corrected chi connectivity index (χ3v) is 5.47. The van der Waals surface area contributed by atoms with Crippen molar-refractivity contribution < 1.29 is 9.47 Å². The molecule has 5 heteroatoms. The van der Waals surface area contributed by atoms with Crippen molar-refractivity contribution in [2.24, 2.45) is 17.6 Å². The maximum absolute atomic E-state index is 6.33. The average molecular weight is 341 g/mol. The summed E-state index contributed by atoms with van der Waals surface area (Å²) in [6, 6.07) is 4.59. The highest BCUT2D eigenvalue weighted by Gasteiger charge is 2.38. The van der Waals surface area contributed by atoms with Crippen LogP contribution < -0.4 is 15.2 Å². The molecule has 4 nitrogen and oxygen atoms in total. The molecular weight excluding hydrogens is 312 g/mol. The molecule has 0 bridgehead atoms. The largest absolute Gasteiger partial charge is 0.493 e. The van der Waals surface area contributed by atoms with E-state index in [2.05, 4.69) is 24.0 Å². The van der Waals surface area contributed by atoms with Crippen LogP contribution >= 0.6 is 12.4 Å². The number of aryl methyl sites for hydroxylation is 1. The predicted molar refractivity (Wildman–Crippen MR) is 95.6 cm³/mol. The zero-order valence-corrected chi connectivity index (χ0v) is 15.2. The standard InChI is InChI=1S/C18H28N2O2.ClH/c1-12-7-17(21-2)18(22-3)8-14(12)10-20-9-13-5-4-6-16(19)15(13)11-20;/h7-8,13,15-16H,4-6,9-11,19H2,1-3H3;1H. The van der Waals surface area contributed by atoms with Gasteiger partial charge in [-0.05, 0) is 54.9 Å². The van der Waals surface area contributed by atoms with Gasteiger partial charge in [-0.3, -0.25) is 4.90 Å². The molecule has 3 unspecified atom stereocenters. The molecule has 1 aliphatic carbocycles. The topological polar surface area (TPSA) is 47.7 Å². The molecule has 2 N–H and O–H groups in total. The fraction of sp³-hybridized carbons (Fsp3) is 0.667. The van der Waals surface area contributed by atoms with Crippen LogP contribution in [0, 0.1) is 18.8 Å². The molecule has 3 atom stereocenters. The summed E-state index contributed by atoms with van der Waals surface area (Å²) in [6.07, 6.45) is 3.84. The van der Waals surface area contributed by atoms with Gasteiger partial charge in [-0.15, -0.1) is 12.4 Å². The Morgan fingerprint density at radius 3 is 2.48 bits per heavy atom. The monoisotopic (exact) mass is 340 g/mol. The van der Waals surface area contributed by atoms with Crippen LogP contribution in [0.5, 0.6) is 11.5 Å². The third kappa shape index (κ3) is 3.76. The van der Waals surface area contributed by atoms with Crippen LogP contribution in [-0.4, -0.2) is 38.3 Å². The Balaban J connectivity index is 0.00000192. The van der Waals surface area contributed by atoms with E-state index in [1.165, 1.54) is 36.9 Å². The van der Waals surface area contributed by atoms with Crippen molar-refractivity contribution >= 4 is 12.4 Å². The molecule has 1 heterocycles. The number of methoxy groups -OCH3 is 2. The maximum Gasteiger partial charge on any atom is 0.161 e. The minimum atomic E-state index is 0. The van der Waals surface area contributed by atoms with Crippen LogP contribution in [0.2, 0.25) is 0 Å². The summed E-state index contributed by atoms with van der Waals surface area (Å²) in [7, 11) is 3.38. The molecule has 0 radical (unpaired) electrons. The molecule has 0 aromatic heterocycles. The minimum absolute atomic E-state index is 0. The Kier molecular flexibility index (Phi) is 6.18. The van der Waals surface area contributed by atoms with E-state index >= 15 is 0 Å². The number of nitrogens with zero attached hydrogens (tertiary/aromatic N) is 1. The van der Waals surface area contributed by atoms with Gasteiger partial charge in [-0.2, -0.15) is 0 Å². The van der Waals surface area contributed by atoms with Gasteiger partial charge in [0.2, 0.25) is 0 Å². The maximum atomic E-state index is 6.33. The number of benzene rings is 1. The quantitative estimate of drug-likeness (QED) is 0.915. The fourth-order valence-corrected chi connectivity index (χ4v) is 4.17. The van der Waals surface area contributed by atoms with Crippen LogP contribution in [0.4, 0.5) is 0 Å². The molecule has 1 aromatic carbocycles. The summed E-state index contributed by atoms with van der Waals surface area (Å²) >= 11 is 0. The summed E-state index contributed by atoms with van der Waals surface area (Å²) in [6.45, 7) is 5.45. The average Bonchev–Trinajstić information content (AvgIpc) is 2.93. The van der Waals surface area contributed by atoms with E-state index in [1.54, 1.807) is 14.2 Å². The Bertz CT molecular complexity index is 538. The van der Waals surface area contributed by atoms with Crippen molar-refractivity contribution in [2.45, 2.75) is 38.8 Å². The van der Waals surface area contributed by atoms with Gasteiger partial charge >= 0.3 is 0 Å². The van der Waals surface area contributed by atoms with Crippen molar-refractivity contribution in [2.75, 3.05) is 27.3 Å². The third-order valence-electron chi connectivity index (χ3n) is 5.47. The van der Waals surface area contributed by atoms with Gasteiger partial charge < -0.3 is 15.2 Å². The van der Waals surface area contributed by atoms with E-state index in [-0.39, 0.29) is 12.4 Å². The Labute approximate surface area is 145 Å². The Morgan fingerprint density at radius 1 is 1.13 bits per heavy atom. The molecule has 1 aliphatic heterocycles. The lowest BCUT2D eigenvalue weighted by molar-refractivity contribution is 0.259. The van der Waals surface area contributed by atoms with E-state index in [0.29, 0.717) is 12.0 Å². The summed E-state index contributed by atoms with van der Waals surface area (Å²) in [4.78, 5) is 2.56. The van der Waals surface area contributed by atoms with Crippen molar-refractivity contribution in [1.29, 1.82) is 0 Å². The highest BCUT2D eigenvalue weighted by Crippen LogP contribution is 2.37. The molecule has 2 fully saturated rings. The van der Waals surface area contributed by atoms with E-state index < -0.39 is 0 Å².